The molecule has 3 N–H and O–H groups in total. The molecule has 1 atom stereocenters. The van der Waals surface area contributed by atoms with E-state index in [9.17, 15) is 4.79 Å². The number of rotatable bonds is 6. The molecule has 0 radical (unpaired) electrons. The van der Waals surface area contributed by atoms with Crippen molar-refractivity contribution in [1.82, 2.24) is 5.32 Å². The average Bonchev–Trinajstić information content (AvgIpc) is 2.68. The third-order valence-corrected chi connectivity index (χ3v) is 3.71. The van der Waals surface area contributed by atoms with Gasteiger partial charge in [0.2, 0.25) is 5.91 Å². The third kappa shape index (κ3) is 5.06. The molecule has 0 bridgehead atoms. The molecule has 0 aliphatic carbocycles. The molecule has 0 aliphatic heterocycles. The van der Waals surface area contributed by atoms with Crippen molar-refractivity contribution in [3.05, 3.63) is 21.3 Å². The standard InChI is InChI=1S/C12H19ClN2OS/c1-8(2)5-9(6-14)12(16)15-7-10-3-4-11(13)17-10/h3-4,8-9H,5-7,14H2,1-2H3,(H,15,16). The molecule has 1 unspecified atom stereocenters. The summed E-state index contributed by atoms with van der Waals surface area (Å²) in [5.41, 5.74) is 5.62. The van der Waals surface area contributed by atoms with Crippen LogP contribution in [0.15, 0.2) is 12.1 Å². The van der Waals surface area contributed by atoms with E-state index in [-0.39, 0.29) is 11.8 Å². The van der Waals surface area contributed by atoms with E-state index in [2.05, 4.69) is 19.2 Å². The Balaban J connectivity index is 2.42. The van der Waals surface area contributed by atoms with Crippen molar-refractivity contribution in [2.24, 2.45) is 17.6 Å². The second-order valence-corrected chi connectivity index (χ2v) is 6.29. The minimum atomic E-state index is -0.0922. The molecule has 17 heavy (non-hydrogen) atoms. The normalized spacial score (nSPS) is 12.8. The van der Waals surface area contributed by atoms with Crippen LogP contribution in [-0.4, -0.2) is 12.5 Å². The highest BCUT2D eigenvalue weighted by atomic mass is 35.5. The van der Waals surface area contributed by atoms with Gasteiger partial charge in [0.25, 0.3) is 0 Å². The smallest absolute Gasteiger partial charge is 0.224 e. The number of hydrogen-bond acceptors (Lipinski definition) is 3. The van der Waals surface area contributed by atoms with E-state index in [4.69, 9.17) is 17.3 Å². The Morgan fingerprint density at radius 1 is 1.53 bits per heavy atom. The number of halogens is 1. The maximum Gasteiger partial charge on any atom is 0.224 e. The summed E-state index contributed by atoms with van der Waals surface area (Å²) in [5.74, 6) is 0.418. The van der Waals surface area contributed by atoms with E-state index < -0.39 is 0 Å². The second-order valence-electron chi connectivity index (χ2n) is 4.49. The Labute approximate surface area is 111 Å². The minimum Gasteiger partial charge on any atom is -0.351 e. The molecule has 0 spiro atoms. The van der Waals surface area contributed by atoms with Crippen molar-refractivity contribution in [1.29, 1.82) is 0 Å². The van der Waals surface area contributed by atoms with Crippen LogP contribution in [0.25, 0.3) is 0 Å². The number of amides is 1. The number of nitrogens with two attached hydrogens (primary N) is 1. The number of thiophene rings is 1. The lowest BCUT2D eigenvalue weighted by atomic mass is 9.96. The SMILES string of the molecule is CC(C)CC(CN)C(=O)NCc1ccc(Cl)s1. The highest BCUT2D eigenvalue weighted by Crippen LogP contribution is 2.21. The van der Waals surface area contributed by atoms with Crippen molar-refractivity contribution < 1.29 is 4.79 Å². The molecule has 3 nitrogen and oxygen atoms in total. The molecular formula is C12H19ClN2OS. The molecule has 96 valence electrons. The minimum absolute atomic E-state index is 0.0331. The molecule has 1 rings (SSSR count). The maximum atomic E-state index is 11.9. The van der Waals surface area contributed by atoms with Gasteiger partial charge in [0.05, 0.1) is 16.8 Å². The summed E-state index contributed by atoms with van der Waals surface area (Å²) in [7, 11) is 0. The van der Waals surface area contributed by atoms with Gasteiger partial charge in [-0.3, -0.25) is 4.79 Å². The summed E-state index contributed by atoms with van der Waals surface area (Å²) in [4.78, 5) is 12.9. The van der Waals surface area contributed by atoms with Crippen LogP contribution in [0.4, 0.5) is 0 Å². The predicted octanol–water partition coefficient (Wildman–Crippen LogP) is 2.64. The van der Waals surface area contributed by atoms with Gasteiger partial charge in [-0.25, -0.2) is 0 Å². The molecule has 1 heterocycles. The van der Waals surface area contributed by atoms with Crippen LogP contribution in [0.3, 0.4) is 0 Å². The summed E-state index contributed by atoms with van der Waals surface area (Å²) in [6.45, 7) is 5.12. The highest BCUT2D eigenvalue weighted by molar-refractivity contribution is 7.16. The van der Waals surface area contributed by atoms with E-state index in [1.165, 1.54) is 11.3 Å². The van der Waals surface area contributed by atoms with Crippen molar-refractivity contribution >= 4 is 28.8 Å². The van der Waals surface area contributed by atoms with E-state index >= 15 is 0 Å². The molecule has 0 saturated heterocycles. The first-order valence-corrected chi connectivity index (χ1v) is 6.94. The molecular weight excluding hydrogens is 256 g/mol. The molecule has 0 aromatic carbocycles. The van der Waals surface area contributed by atoms with Crippen LogP contribution in [-0.2, 0) is 11.3 Å². The Morgan fingerprint density at radius 2 is 2.24 bits per heavy atom. The topological polar surface area (TPSA) is 55.1 Å². The van der Waals surface area contributed by atoms with Crippen molar-refractivity contribution in [2.45, 2.75) is 26.8 Å². The van der Waals surface area contributed by atoms with Crippen molar-refractivity contribution in [2.75, 3.05) is 6.54 Å². The Hall–Kier alpha value is -0.580. The van der Waals surface area contributed by atoms with E-state index in [0.717, 1.165) is 15.6 Å². The largest absolute Gasteiger partial charge is 0.351 e. The molecule has 0 aliphatic rings. The quantitative estimate of drug-likeness (QED) is 0.838. The maximum absolute atomic E-state index is 11.9. The molecule has 1 amide bonds. The Morgan fingerprint density at radius 3 is 2.71 bits per heavy atom. The van der Waals surface area contributed by atoms with Gasteiger partial charge in [-0.15, -0.1) is 11.3 Å². The monoisotopic (exact) mass is 274 g/mol. The van der Waals surface area contributed by atoms with Gasteiger partial charge in [-0.2, -0.15) is 0 Å². The number of carbonyl (C=O) groups is 1. The molecule has 5 heteroatoms. The predicted molar refractivity (Wildman–Crippen MR) is 73.2 cm³/mol. The van der Waals surface area contributed by atoms with E-state index in [0.29, 0.717) is 19.0 Å². The summed E-state index contributed by atoms with van der Waals surface area (Å²) < 4.78 is 0.742. The first-order chi connectivity index (χ1) is 8.02. The van der Waals surface area contributed by atoms with E-state index in [1.54, 1.807) is 0 Å². The average molecular weight is 275 g/mol. The van der Waals surface area contributed by atoms with Crippen molar-refractivity contribution in [3.63, 3.8) is 0 Å². The summed E-state index contributed by atoms with van der Waals surface area (Å²) in [5, 5.41) is 2.90. The van der Waals surface area contributed by atoms with Crippen LogP contribution in [0, 0.1) is 11.8 Å². The lowest BCUT2D eigenvalue weighted by molar-refractivity contribution is -0.125. The molecule has 1 aromatic rings. The second kappa shape index (κ2) is 6.99. The van der Waals surface area contributed by atoms with E-state index in [1.807, 2.05) is 12.1 Å². The molecule has 1 aromatic heterocycles. The van der Waals surface area contributed by atoms with Crippen LogP contribution < -0.4 is 11.1 Å². The van der Waals surface area contributed by atoms with Gasteiger partial charge in [0, 0.05) is 11.4 Å². The van der Waals surface area contributed by atoms with Gasteiger partial charge in [0.1, 0.15) is 0 Å². The fourth-order valence-corrected chi connectivity index (χ4v) is 2.67. The zero-order valence-electron chi connectivity index (χ0n) is 10.2. The van der Waals surface area contributed by atoms with Crippen LogP contribution in [0.1, 0.15) is 25.1 Å². The number of nitrogens with one attached hydrogen (secondary N) is 1. The fraction of sp³-hybridized carbons (Fsp3) is 0.583. The summed E-state index contributed by atoms with van der Waals surface area (Å²) in [6, 6.07) is 3.76. The summed E-state index contributed by atoms with van der Waals surface area (Å²) in [6.07, 6.45) is 0.827. The van der Waals surface area contributed by atoms with Gasteiger partial charge in [0.15, 0.2) is 0 Å². The molecule has 0 fully saturated rings. The van der Waals surface area contributed by atoms with Gasteiger partial charge in [-0.05, 0) is 24.5 Å². The Kier molecular flexibility index (Phi) is 5.95. The third-order valence-electron chi connectivity index (χ3n) is 2.48. The number of carbonyl (C=O) groups excluding carboxylic acids is 1. The molecule has 0 saturated carbocycles. The number of hydrogen-bond donors (Lipinski definition) is 2. The lowest BCUT2D eigenvalue weighted by Crippen LogP contribution is -2.35. The lowest BCUT2D eigenvalue weighted by Gasteiger charge is -2.16. The first kappa shape index (κ1) is 14.5. The van der Waals surface area contributed by atoms with Crippen LogP contribution >= 0.6 is 22.9 Å². The van der Waals surface area contributed by atoms with Gasteiger partial charge < -0.3 is 11.1 Å². The fourth-order valence-electron chi connectivity index (χ4n) is 1.64. The van der Waals surface area contributed by atoms with Gasteiger partial charge >= 0.3 is 0 Å². The zero-order chi connectivity index (χ0) is 12.8. The van der Waals surface area contributed by atoms with Crippen molar-refractivity contribution in [3.8, 4) is 0 Å². The van der Waals surface area contributed by atoms with Gasteiger partial charge in [-0.1, -0.05) is 25.4 Å². The van der Waals surface area contributed by atoms with Crippen LogP contribution in [0.5, 0.6) is 0 Å². The van der Waals surface area contributed by atoms with Crippen LogP contribution in [0.2, 0.25) is 4.34 Å². The Bertz CT molecular complexity index is 365. The first-order valence-electron chi connectivity index (χ1n) is 5.75. The highest BCUT2D eigenvalue weighted by Gasteiger charge is 2.17. The summed E-state index contributed by atoms with van der Waals surface area (Å²) >= 11 is 7.30. The zero-order valence-corrected chi connectivity index (χ0v) is 11.8.